The lowest BCUT2D eigenvalue weighted by Gasteiger charge is -2.14. The van der Waals surface area contributed by atoms with Gasteiger partial charge in [0.1, 0.15) is 12.6 Å². The highest BCUT2D eigenvalue weighted by molar-refractivity contribution is 7.22. The molecule has 0 fully saturated rings. The van der Waals surface area contributed by atoms with Gasteiger partial charge in [0.2, 0.25) is 11.8 Å². The smallest absolute Gasteiger partial charge is 0.261 e. The fourth-order valence-corrected chi connectivity index (χ4v) is 4.11. The quantitative estimate of drug-likeness (QED) is 0.427. The fraction of sp³-hybridized carbons (Fsp3) is 0.227. The molecule has 33 heavy (non-hydrogen) atoms. The molecule has 0 spiro atoms. The maximum atomic E-state index is 12.8. The van der Waals surface area contributed by atoms with Gasteiger partial charge >= 0.3 is 0 Å². The minimum Gasteiger partial charge on any atom is -0.493 e. The largest absolute Gasteiger partial charge is 0.493 e. The van der Waals surface area contributed by atoms with Crippen LogP contribution in [0, 0.1) is 0 Å². The third kappa shape index (κ3) is 4.62. The third-order valence-electron chi connectivity index (χ3n) is 4.94. The maximum Gasteiger partial charge on any atom is 0.261 e. The number of anilines is 1. The van der Waals surface area contributed by atoms with Crippen molar-refractivity contribution in [3.05, 3.63) is 53.1 Å². The number of methoxy groups -OCH3 is 2. The van der Waals surface area contributed by atoms with E-state index >= 15 is 0 Å². The summed E-state index contributed by atoms with van der Waals surface area (Å²) in [6.45, 7) is 1.26. The zero-order chi connectivity index (χ0) is 23.5. The molecule has 2 amide bonds. The molecule has 0 saturated carbocycles. The standard InChI is InChI=1S/C22H21N5O5S/c1-12(20(29)26-22-25-14-6-4-5-7-18(14)33-22)24-19(28)10-27-11-23-15-9-17(32-3)16(31-2)8-13(15)21(27)30/h4-9,11-12H,10H2,1-3H3,(H,24,28)(H,25,26,29)/t12-/m0/s1. The Morgan fingerprint density at radius 3 is 2.58 bits per heavy atom. The number of carbonyl (C=O) groups excluding carboxylic acids is 2. The van der Waals surface area contributed by atoms with Gasteiger partial charge in [-0.05, 0) is 25.1 Å². The van der Waals surface area contributed by atoms with Gasteiger partial charge in [-0.2, -0.15) is 0 Å². The van der Waals surface area contributed by atoms with Crippen molar-refractivity contribution in [3.8, 4) is 11.5 Å². The summed E-state index contributed by atoms with van der Waals surface area (Å²) in [6.07, 6.45) is 1.28. The molecule has 0 aliphatic heterocycles. The summed E-state index contributed by atoms with van der Waals surface area (Å²) in [7, 11) is 2.95. The van der Waals surface area contributed by atoms with E-state index < -0.39 is 23.4 Å². The first-order valence-electron chi connectivity index (χ1n) is 9.96. The van der Waals surface area contributed by atoms with E-state index in [-0.39, 0.29) is 11.9 Å². The van der Waals surface area contributed by atoms with E-state index in [1.807, 2.05) is 24.3 Å². The van der Waals surface area contributed by atoms with Crippen molar-refractivity contribution >= 4 is 49.4 Å². The van der Waals surface area contributed by atoms with Gasteiger partial charge in [0.05, 0.1) is 41.7 Å². The van der Waals surface area contributed by atoms with Crippen LogP contribution in [-0.2, 0) is 16.1 Å². The monoisotopic (exact) mass is 467 g/mol. The molecule has 4 aromatic rings. The lowest BCUT2D eigenvalue weighted by Crippen LogP contribution is -2.43. The Morgan fingerprint density at radius 1 is 1.12 bits per heavy atom. The Labute approximate surface area is 192 Å². The highest BCUT2D eigenvalue weighted by Gasteiger charge is 2.19. The number of para-hydroxylation sites is 1. The number of rotatable bonds is 7. The van der Waals surface area contributed by atoms with Crippen molar-refractivity contribution in [1.82, 2.24) is 19.9 Å². The predicted octanol–water partition coefficient (Wildman–Crippen LogP) is 2.17. The molecule has 170 valence electrons. The molecule has 2 heterocycles. The number of carbonyl (C=O) groups is 2. The second-order valence-electron chi connectivity index (χ2n) is 7.17. The van der Waals surface area contributed by atoms with Crippen molar-refractivity contribution in [3.63, 3.8) is 0 Å². The van der Waals surface area contributed by atoms with E-state index in [1.54, 1.807) is 13.0 Å². The van der Waals surface area contributed by atoms with E-state index in [9.17, 15) is 14.4 Å². The number of benzene rings is 2. The average Bonchev–Trinajstić information content (AvgIpc) is 3.22. The summed E-state index contributed by atoms with van der Waals surface area (Å²) in [5, 5.41) is 6.03. The number of hydrogen-bond acceptors (Lipinski definition) is 8. The summed E-state index contributed by atoms with van der Waals surface area (Å²) >= 11 is 1.34. The van der Waals surface area contributed by atoms with Crippen molar-refractivity contribution < 1.29 is 19.1 Å². The van der Waals surface area contributed by atoms with Crippen LogP contribution in [0.5, 0.6) is 11.5 Å². The van der Waals surface area contributed by atoms with Gasteiger partial charge < -0.3 is 20.1 Å². The number of aromatic nitrogens is 3. The highest BCUT2D eigenvalue weighted by Crippen LogP contribution is 2.29. The minimum atomic E-state index is -0.835. The van der Waals surface area contributed by atoms with Gasteiger partial charge in [0.15, 0.2) is 16.6 Å². The summed E-state index contributed by atoms with van der Waals surface area (Å²) in [6, 6.07) is 9.80. The van der Waals surface area contributed by atoms with Crippen LogP contribution in [0.15, 0.2) is 47.5 Å². The van der Waals surface area contributed by atoms with Crippen LogP contribution in [0.1, 0.15) is 6.92 Å². The summed E-state index contributed by atoms with van der Waals surface area (Å²) in [4.78, 5) is 46.4. The molecule has 2 N–H and O–H groups in total. The van der Waals surface area contributed by atoms with Crippen LogP contribution >= 0.6 is 11.3 Å². The number of ether oxygens (including phenoxy) is 2. The van der Waals surface area contributed by atoms with Crippen LogP contribution < -0.4 is 25.7 Å². The van der Waals surface area contributed by atoms with E-state index in [2.05, 4.69) is 20.6 Å². The molecule has 11 heteroatoms. The van der Waals surface area contributed by atoms with Crippen molar-refractivity contribution in [2.45, 2.75) is 19.5 Å². The lowest BCUT2D eigenvalue weighted by atomic mass is 10.2. The van der Waals surface area contributed by atoms with Crippen LogP contribution in [0.2, 0.25) is 0 Å². The van der Waals surface area contributed by atoms with Gasteiger partial charge in [-0.3, -0.25) is 19.0 Å². The molecule has 10 nitrogen and oxygen atoms in total. The van der Waals surface area contributed by atoms with Crippen molar-refractivity contribution in [1.29, 1.82) is 0 Å². The molecular formula is C22H21N5O5S. The van der Waals surface area contributed by atoms with Crippen molar-refractivity contribution in [2.75, 3.05) is 19.5 Å². The first-order valence-corrected chi connectivity index (χ1v) is 10.8. The molecule has 2 aromatic heterocycles. The Kier molecular flexibility index (Phi) is 6.22. The molecule has 4 rings (SSSR count). The molecule has 0 aliphatic carbocycles. The Morgan fingerprint density at radius 2 is 1.85 bits per heavy atom. The fourth-order valence-electron chi connectivity index (χ4n) is 3.24. The van der Waals surface area contributed by atoms with Crippen LogP contribution in [0.4, 0.5) is 5.13 Å². The molecular weight excluding hydrogens is 446 g/mol. The first-order chi connectivity index (χ1) is 15.9. The number of fused-ring (bicyclic) bond motifs is 2. The van der Waals surface area contributed by atoms with E-state index in [0.29, 0.717) is 22.1 Å². The van der Waals surface area contributed by atoms with Crippen LogP contribution in [-0.4, -0.2) is 46.6 Å². The second kappa shape index (κ2) is 9.25. The Bertz CT molecular complexity index is 1380. The van der Waals surface area contributed by atoms with Gasteiger partial charge in [-0.15, -0.1) is 0 Å². The Hall–Kier alpha value is -3.99. The van der Waals surface area contributed by atoms with E-state index in [1.165, 1.54) is 42.5 Å². The lowest BCUT2D eigenvalue weighted by molar-refractivity contribution is -0.126. The molecule has 1 atom stereocenters. The van der Waals surface area contributed by atoms with Gasteiger partial charge in [0, 0.05) is 6.07 Å². The molecule has 2 aromatic carbocycles. The van der Waals surface area contributed by atoms with E-state index in [0.717, 1.165) is 10.2 Å². The molecule has 0 unspecified atom stereocenters. The van der Waals surface area contributed by atoms with E-state index in [4.69, 9.17) is 9.47 Å². The van der Waals surface area contributed by atoms with Gasteiger partial charge in [0.25, 0.3) is 5.56 Å². The topological polar surface area (TPSA) is 124 Å². The van der Waals surface area contributed by atoms with Crippen molar-refractivity contribution in [2.24, 2.45) is 0 Å². The number of hydrogen-bond donors (Lipinski definition) is 2. The molecule has 0 saturated heterocycles. The molecule has 0 radical (unpaired) electrons. The zero-order valence-electron chi connectivity index (χ0n) is 18.1. The van der Waals surface area contributed by atoms with Gasteiger partial charge in [-0.25, -0.2) is 9.97 Å². The highest BCUT2D eigenvalue weighted by atomic mass is 32.1. The minimum absolute atomic E-state index is 0.282. The zero-order valence-corrected chi connectivity index (χ0v) is 18.9. The third-order valence-corrected chi connectivity index (χ3v) is 5.89. The normalized spacial score (nSPS) is 11.8. The first kappa shape index (κ1) is 22.2. The van der Waals surface area contributed by atoms with Crippen LogP contribution in [0.25, 0.3) is 21.1 Å². The number of nitrogens with one attached hydrogen (secondary N) is 2. The average molecular weight is 468 g/mol. The SMILES string of the molecule is COc1cc2ncn(CC(=O)N[C@@H](C)C(=O)Nc3nc4ccccc4s3)c(=O)c2cc1OC. The number of nitrogens with zero attached hydrogens (tertiary/aromatic N) is 3. The molecule has 0 bridgehead atoms. The number of amides is 2. The van der Waals surface area contributed by atoms with Gasteiger partial charge in [-0.1, -0.05) is 23.5 Å². The maximum absolute atomic E-state index is 12.8. The summed E-state index contributed by atoms with van der Waals surface area (Å²) < 4.78 is 12.6. The van der Waals surface area contributed by atoms with Crippen LogP contribution in [0.3, 0.4) is 0 Å². The summed E-state index contributed by atoms with van der Waals surface area (Å²) in [5.74, 6) is -0.0968. The Balaban J connectivity index is 1.44. The number of thiazole rings is 1. The summed E-state index contributed by atoms with van der Waals surface area (Å²) in [5.41, 5.74) is 0.785. The molecule has 0 aliphatic rings. The second-order valence-corrected chi connectivity index (χ2v) is 8.20. The predicted molar refractivity (Wildman–Crippen MR) is 125 cm³/mol.